The number of aromatic nitrogens is 1. The molecule has 154 valence electrons. The average Bonchev–Trinajstić information content (AvgIpc) is 3.43. The third kappa shape index (κ3) is 3.55. The van der Waals surface area contributed by atoms with Crippen LogP contribution in [0.15, 0.2) is 77.2 Å². The molecule has 5 nitrogen and oxygen atoms in total. The molecule has 0 atom stereocenters. The van der Waals surface area contributed by atoms with Crippen LogP contribution in [0.25, 0.3) is 21.2 Å². The predicted molar refractivity (Wildman–Crippen MR) is 124 cm³/mol. The second kappa shape index (κ2) is 7.89. The van der Waals surface area contributed by atoms with Gasteiger partial charge in [-0.25, -0.2) is 4.98 Å². The highest BCUT2D eigenvalue weighted by Gasteiger charge is 2.25. The quantitative estimate of drug-likeness (QED) is 0.334. The van der Waals surface area contributed by atoms with Crippen LogP contribution in [0.3, 0.4) is 0 Å². The smallest absolute Gasteiger partial charge is 0.296 e. The fourth-order valence-corrected chi connectivity index (χ4v) is 4.66. The average molecular weight is 429 g/mol. The molecule has 5 aromatic rings. The van der Waals surface area contributed by atoms with Gasteiger partial charge in [0, 0.05) is 5.39 Å². The number of hydrogen-bond acceptors (Lipinski definition) is 5. The van der Waals surface area contributed by atoms with Crippen molar-refractivity contribution < 1.29 is 13.9 Å². The molecule has 1 amide bonds. The van der Waals surface area contributed by atoms with Crippen molar-refractivity contribution in [2.75, 3.05) is 12.0 Å². The maximum Gasteiger partial charge on any atom is 0.296 e. The second-order valence-corrected chi connectivity index (χ2v) is 8.29. The number of ether oxygens (including phenoxy) is 1. The van der Waals surface area contributed by atoms with Crippen LogP contribution in [0.1, 0.15) is 21.7 Å². The number of thiazole rings is 1. The normalized spacial score (nSPS) is 11.2. The minimum absolute atomic E-state index is 0.237. The molecule has 0 aliphatic rings. The molecule has 0 saturated heterocycles. The van der Waals surface area contributed by atoms with Crippen LogP contribution in [0, 0.1) is 6.92 Å². The molecule has 0 unspecified atom stereocenters. The van der Waals surface area contributed by atoms with E-state index in [1.165, 1.54) is 11.3 Å². The minimum atomic E-state index is -0.237. The molecule has 2 heterocycles. The first kappa shape index (κ1) is 19.3. The molecule has 2 aromatic heterocycles. The summed E-state index contributed by atoms with van der Waals surface area (Å²) in [5.74, 6) is 0.618. The molecule has 0 aliphatic heterocycles. The minimum Gasteiger partial charge on any atom is -0.493 e. The first-order chi connectivity index (χ1) is 15.1. The van der Waals surface area contributed by atoms with Crippen LogP contribution in [-0.2, 0) is 6.54 Å². The lowest BCUT2D eigenvalue weighted by Crippen LogP contribution is -2.30. The van der Waals surface area contributed by atoms with E-state index in [0.29, 0.717) is 23.0 Å². The molecule has 0 radical (unpaired) electrons. The topological polar surface area (TPSA) is 55.6 Å². The SMILES string of the molecule is COc1cccc2cc(C(=O)N(Cc3ccccc3)c3nc4c(C)cccc4s3)oc12. The maximum absolute atomic E-state index is 13.6. The Morgan fingerprint density at radius 2 is 1.87 bits per heavy atom. The molecule has 0 saturated carbocycles. The number of hydrogen-bond donors (Lipinski definition) is 0. The van der Waals surface area contributed by atoms with Gasteiger partial charge in [-0.3, -0.25) is 9.69 Å². The predicted octanol–water partition coefficient (Wildman–Crippen LogP) is 6.21. The Bertz CT molecular complexity index is 1390. The van der Waals surface area contributed by atoms with E-state index in [-0.39, 0.29) is 11.7 Å². The van der Waals surface area contributed by atoms with Gasteiger partial charge in [-0.05, 0) is 36.2 Å². The first-order valence-electron chi connectivity index (χ1n) is 9.92. The van der Waals surface area contributed by atoms with E-state index in [2.05, 4.69) is 0 Å². The monoisotopic (exact) mass is 428 g/mol. The highest BCUT2D eigenvalue weighted by molar-refractivity contribution is 7.22. The summed E-state index contributed by atoms with van der Waals surface area (Å²) in [6, 6.07) is 23.3. The van der Waals surface area contributed by atoms with Crippen molar-refractivity contribution in [3.05, 3.63) is 89.7 Å². The van der Waals surface area contributed by atoms with Gasteiger partial charge < -0.3 is 9.15 Å². The number of fused-ring (bicyclic) bond motifs is 2. The van der Waals surface area contributed by atoms with Crippen LogP contribution in [0.5, 0.6) is 5.75 Å². The van der Waals surface area contributed by atoms with Crippen molar-refractivity contribution >= 4 is 43.6 Å². The lowest BCUT2D eigenvalue weighted by molar-refractivity contribution is 0.0960. The van der Waals surface area contributed by atoms with Crippen LogP contribution < -0.4 is 9.64 Å². The molecule has 0 N–H and O–H groups in total. The van der Waals surface area contributed by atoms with Crippen molar-refractivity contribution in [3.63, 3.8) is 0 Å². The summed E-state index contributed by atoms with van der Waals surface area (Å²) in [5, 5.41) is 1.47. The van der Waals surface area contributed by atoms with E-state index in [0.717, 1.165) is 26.7 Å². The van der Waals surface area contributed by atoms with Crippen molar-refractivity contribution in [1.29, 1.82) is 0 Å². The number of carbonyl (C=O) groups excluding carboxylic acids is 1. The second-order valence-electron chi connectivity index (χ2n) is 7.28. The van der Waals surface area contributed by atoms with Gasteiger partial charge in [-0.2, -0.15) is 0 Å². The summed E-state index contributed by atoms with van der Waals surface area (Å²) >= 11 is 1.50. The van der Waals surface area contributed by atoms with E-state index in [4.69, 9.17) is 14.1 Å². The number of benzene rings is 3. The number of carbonyl (C=O) groups is 1. The fourth-order valence-electron chi connectivity index (χ4n) is 3.62. The Morgan fingerprint density at radius 1 is 1.06 bits per heavy atom. The number of anilines is 1. The Labute approximate surface area is 183 Å². The van der Waals surface area contributed by atoms with Gasteiger partial charge in [0.2, 0.25) is 0 Å². The summed E-state index contributed by atoms with van der Waals surface area (Å²) in [4.78, 5) is 20.1. The van der Waals surface area contributed by atoms with Crippen molar-refractivity contribution in [3.8, 4) is 5.75 Å². The zero-order valence-corrected chi connectivity index (χ0v) is 18.0. The zero-order valence-electron chi connectivity index (χ0n) is 17.2. The lowest BCUT2D eigenvalue weighted by atomic mass is 10.2. The van der Waals surface area contributed by atoms with Crippen LogP contribution in [0.2, 0.25) is 0 Å². The van der Waals surface area contributed by atoms with Gasteiger partial charge in [0.25, 0.3) is 5.91 Å². The third-order valence-electron chi connectivity index (χ3n) is 5.21. The van der Waals surface area contributed by atoms with Gasteiger partial charge >= 0.3 is 0 Å². The van der Waals surface area contributed by atoms with Crippen LogP contribution in [-0.4, -0.2) is 18.0 Å². The maximum atomic E-state index is 13.6. The lowest BCUT2D eigenvalue weighted by Gasteiger charge is -2.18. The van der Waals surface area contributed by atoms with Crippen LogP contribution in [0.4, 0.5) is 5.13 Å². The Balaban J connectivity index is 1.61. The van der Waals surface area contributed by atoms with E-state index < -0.39 is 0 Å². The standard InChI is InChI=1S/C25H20N2O3S/c1-16-8-6-13-21-22(16)26-25(31-21)27(15-17-9-4-3-5-10-17)24(28)20-14-18-11-7-12-19(29-2)23(18)30-20/h3-14H,15H2,1-2H3. The molecule has 0 spiro atoms. The summed E-state index contributed by atoms with van der Waals surface area (Å²) in [6.45, 7) is 2.42. The number of para-hydroxylation sites is 2. The van der Waals surface area contributed by atoms with Crippen LogP contribution >= 0.6 is 11.3 Å². The Kier molecular flexibility index (Phi) is 4.92. The number of nitrogens with zero attached hydrogens (tertiary/aromatic N) is 2. The van der Waals surface area contributed by atoms with Gasteiger partial charge in [0.1, 0.15) is 0 Å². The number of rotatable bonds is 5. The molecule has 6 heteroatoms. The van der Waals surface area contributed by atoms with E-state index in [1.807, 2.05) is 73.7 Å². The summed E-state index contributed by atoms with van der Waals surface area (Å²) in [6.07, 6.45) is 0. The molecule has 31 heavy (non-hydrogen) atoms. The summed E-state index contributed by atoms with van der Waals surface area (Å²) < 4.78 is 12.4. The van der Waals surface area contributed by atoms with E-state index >= 15 is 0 Å². The van der Waals surface area contributed by atoms with Gasteiger partial charge in [-0.15, -0.1) is 0 Å². The first-order valence-corrected chi connectivity index (χ1v) is 10.7. The molecular weight excluding hydrogens is 408 g/mol. The molecule has 0 fully saturated rings. The van der Waals surface area contributed by atoms with Gasteiger partial charge in [0.05, 0.1) is 23.9 Å². The molecule has 5 rings (SSSR count). The third-order valence-corrected chi connectivity index (χ3v) is 6.25. The Hall–Kier alpha value is -3.64. The largest absolute Gasteiger partial charge is 0.493 e. The fraction of sp³-hybridized carbons (Fsp3) is 0.120. The summed E-state index contributed by atoms with van der Waals surface area (Å²) in [5.41, 5.74) is 3.58. The van der Waals surface area contributed by atoms with Gasteiger partial charge in [0.15, 0.2) is 22.2 Å². The number of aryl methyl sites for hydroxylation is 1. The molecule has 3 aromatic carbocycles. The van der Waals surface area contributed by atoms with E-state index in [9.17, 15) is 4.79 Å². The summed E-state index contributed by atoms with van der Waals surface area (Å²) in [7, 11) is 1.59. The van der Waals surface area contributed by atoms with Crippen molar-refractivity contribution in [1.82, 2.24) is 4.98 Å². The molecular formula is C25H20N2O3S. The number of amides is 1. The highest BCUT2D eigenvalue weighted by Crippen LogP contribution is 2.34. The zero-order chi connectivity index (χ0) is 21.4. The Morgan fingerprint density at radius 3 is 2.65 bits per heavy atom. The highest BCUT2D eigenvalue weighted by atomic mass is 32.1. The van der Waals surface area contributed by atoms with Gasteiger partial charge in [-0.1, -0.05) is 65.9 Å². The molecule has 0 bridgehead atoms. The van der Waals surface area contributed by atoms with Crippen molar-refractivity contribution in [2.45, 2.75) is 13.5 Å². The number of furan rings is 1. The van der Waals surface area contributed by atoms with Crippen molar-refractivity contribution in [2.24, 2.45) is 0 Å². The molecule has 0 aliphatic carbocycles. The number of methoxy groups -OCH3 is 1. The van der Waals surface area contributed by atoms with E-state index in [1.54, 1.807) is 18.1 Å².